The first kappa shape index (κ1) is 14.2. The van der Waals surface area contributed by atoms with Gasteiger partial charge < -0.3 is 15.0 Å². The van der Waals surface area contributed by atoms with Crippen LogP contribution in [0.5, 0.6) is 5.75 Å². The Morgan fingerprint density at radius 1 is 1.47 bits per heavy atom. The molecule has 1 saturated heterocycles. The van der Waals surface area contributed by atoms with Gasteiger partial charge in [-0.2, -0.15) is 0 Å². The highest BCUT2D eigenvalue weighted by molar-refractivity contribution is 6.30. The summed E-state index contributed by atoms with van der Waals surface area (Å²) in [5.41, 5.74) is 0. The van der Waals surface area contributed by atoms with Crippen LogP contribution in [0.25, 0.3) is 0 Å². The molecule has 1 aliphatic heterocycles. The molecule has 4 nitrogen and oxygen atoms in total. The zero-order chi connectivity index (χ0) is 13.7. The summed E-state index contributed by atoms with van der Waals surface area (Å²) in [5, 5.41) is 3.81. The number of hydrogen-bond donors (Lipinski definition) is 1. The minimum Gasteiger partial charge on any atom is -0.484 e. The molecule has 1 heterocycles. The number of ether oxygens (including phenoxy) is 1. The summed E-state index contributed by atoms with van der Waals surface area (Å²) >= 11 is 5.79. The highest BCUT2D eigenvalue weighted by atomic mass is 35.5. The van der Waals surface area contributed by atoms with Gasteiger partial charge in [-0.05, 0) is 50.2 Å². The van der Waals surface area contributed by atoms with E-state index in [1.54, 1.807) is 24.3 Å². The predicted molar refractivity (Wildman–Crippen MR) is 75.6 cm³/mol. The van der Waals surface area contributed by atoms with E-state index >= 15 is 0 Å². The number of halogens is 1. The van der Waals surface area contributed by atoms with Gasteiger partial charge in [-0.15, -0.1) is 0 Å². The Kier molecular flexibility index (Phi) is 5.05. The predicted octanol–water partition coefficient (Wildman–Crippen LogP) is 1.79. The molecule has 0 bridgehead atoms. The van der Waals surface area contributed by atoms with E-state index in [-0.39, 0.29) is 12.5 Å². The van der Waals surface area contributed by atoms with Crippen LogP contribution in [0.15, 0.2) is 24.3 Å². The van der Waals surface area contributed by atoms with E-state index in [9.17, 15) is 4.79 Å². The summed E-state index contributed by atoms with van der Waals surface area (Å²) in [7, 11) is 1.94. The van der Waals surface area contributed by atoms with Gasteiger partial charge >= 0.3 is 0 Å². The lowest BCUT2D eigenvalue weighted by Crippen LogP contribution is -2.34. The Morgan fingerprint density at radius 2 is 2.21 bits per heavy atom. The van der Waals surface area contributed by atoms with Crippen molar-refractivity contribution in [2.45, 2.75) is 6.42 Å². The van der Waals surface area contributed by atoms with Crippen molar-refractivity contribution in [3.8, 4) is 5.75 Å². The Bertz CT molecular complexity index is 422. The van der Waals surface area contributed by atoms with Crippen molar-refractivity contribution in [3.05, 3.63) is 29.3 Å². The van der Waals surface area contributed by atoms with Gasteiger partial charge in [-0.1, -0.05) is 11.6 Å². The molecule has 0 saturated carbocycles. The molecule has 5 heteroatoms. The van der Waals surface area contributed by atoms with E-state index in [2.05, 4.69) is 5.32 Å². The molecule has 2 rings (SSSR count). The summed E-state index contributed by atoms with van der Waals surface area (Å²) in [6.45, 7) is 2.70. The SMILES string of the molecule is CNCC1CCN(C(=O)COc2ccc(Cl)cc2)C1. The van der Waals surface area contributed by atoms with Gasteiger partial charge in [0.05, 0.1) is 0 Å². The van der Waals surface area contributed by atoms with Crippen molar-refractivity contribution in [3.63, 3.8) is 0 Å². The van der Waals surface area contributed by atoms with Gasteiger partial charge in [0.15, 0.2) is 6.61 Å². The molecule has 1 amide bonds. The summed E-state index contributed by atoms with van der Waals surface area (Å²) in [6.07, 6.45) is 1.06. The second-order valence-corrected chi connectivity index (χ2v) is 5.23. The average Bonchev–Trinajstić information content (AvgIpc) is 2.87. The molecule has 104 valence electrons. The van der Waals surface area contributed by atoms with E-state index in [0.717, 1.165) is 26.1 Å². The molecule has 1 aromatic carbocycles. The molecular weight excluding hydrogens is 264 g/mol. The lowest BCUT2D eigenvalue weighted by Gasteiger charge is -2.17. The van der Waals surface area contributed by atoms with E-state index in [1.807, 2.05) is 11.9 Å². The van der Waals surface area contributed by atoms with Crippen molar-refractivity contribution in [1.29, 1.82) is 0 Å². The number of amides is 1. The third-order valence-electron chi connectivity index (χ3n) is 3.31. The summed E-state index contributed by atoms with van der Waals surface area (Å²) in [5.74, 6) is 1.28. The van der Waals surface area contributed by atoms with E-state index < -0.39 is 0 Å². The summed E-state index contributed by atoms with van der Waals surface area (Å²) in [6, 6.07) is 7.03. The molecule has 19 heavy (non-hydrogen) atoms. The van der Waals surface area contributed by atoms with Gasteiger partial charge in [0, 0.05) is 18.1 Å². The molecule has 1 aromatic rings. The van der Waals surface area contributed by atoms with Crippen LogP contribution < -0.4 is 10.1 Å². The third-order valence-corrected chi connectivity index (χ3v) is 3.56. The number of carbonyl (C=O) groups excluding carboxylic acids is 1. The van der Waals surface area contributed by atoms with Crippen LogP contribution in [0.4, 0.5) is 0 Å². The standard InChI is InChI=1S/C14H19ClN2O2/c1-16-8-11-6-7-17(9-11)14(18)10-19-13-4-2-12(15)3-5-13/h2-5,11,16H,6-10H2,1H3. The molecule has 0 aromatic heterocycles. The molecular formula is C14H19ClN2O2. The lowest BCUT2D eigenvalue weighted by atomic mass is 10.1. The fraction of sp³-hybridized carbons (Fsp3) is 0.500. The molecule has 1 aliphatic rings. The van der Waals surface area contributed by atoms with E-state index in [0.29, 0.717) is 16.7 Å². The maximum atomic E-state index is 12.0. The van der Waals surface area contributed by atoms with Crippen LogP contribution in [0.1, 0.15) is 6.42 Å². The van der Waals surface area contributed by atoms with E-state index in [4.69, 9.17) is 16.3 Å². The van der Waals surface area contributed by atoms with Crippen LogP contribution in [0, 0.1) is 5.92 Å². The van der Waals surface area contributed by atoms with Gasteiger partial charge in [0.25, 0.3) is 5.91 Å². The van der Waals surface area contributed by atoms with Gasteiger partial charge in [0.2, 0.25) is 0 Å². The van der Waals surface area contributed by atoms with Gasteiger partial charge in [-0.25, -0.2) is 0 Å². The average molecular weight is 283 g/mol. The first-order valence-corrected chi connectivity index (χ1v) is 6.87. The fourth-order valence-corrected chi connectivity index (χ4v) is 2.41. The van der Waals surface area contributed by atoms with Gasteiger partial charge in [0.1, 0.15) is 5.75 Å². The first-order valence-electron chi connectivity index (χ1n) is 6.50. The minimum absolute atomic E-state index is 0.0496. The van der Waals surface area contributed by atoms with Crippen LogP contribution in [-0.4, -0.2) is 44.1 Å². The number of nitrogens with one attached hydrogen (secondary N) is 1. The second kappa shape index (κ2) is 6.78. The van der Waals surface area contributed by atoms with Crippen molar-refractivity contribution in [1.82, 2.24) is 10.2 Å². The zero-order valence-corrected chi connectivity index (χ0v) is 11.8. The molecule has 1 N–H and O–H groups in total. The number of likely N-dealkylation sites (tertiary alicyclic amines) is 1. The number of hydrogen-bond acceptors (Lipinski definition) is 3. The van der Waals surface area contributed by atoms with Crippen LogP contribution in [0.3, 0.4) is 0 Å². The highest BCUT2D eigenvalue weighted by Crippen LogP contribution is 2.17. The maximum Gasteiger partial charge on any atom is 0.260 e. The maximum absolute atomic E-state index is 12.0. The number of nitrogens with zero attached hydrogens (tertiary/aromatic N) is 1. The zero-order valence-electron chi connectivity index (χ0n) is 11.1. The monoisotopic (exact) mass is 282 g/mol. The topological polar surface area (TPSA) is 41.6 Å². The third kappa shape index (κ3) is 4.11. The molecule has 0 radical (unpaired) electrons. The van der Waals surface area contributed by atoms with Crippen molar-refractivity contribution >= 4 is 17.5 Å². The molecule has 0 aliphatic carbocycles. The van der Waals surface area contributed by atoms with Crippen LogP contribution >= 0.6 is 11.6 Å². The summed E-state index contributed by atoms with van der Waals surface area (Å²) in [4.78, 5) is 13.9. The molecule has 1 fully saturated rings. The first-order chi connectivity index (χ1) is 9.19. The molecule has 0 spiro atoms. The normalized spacial score (nSPS) is 18.6. The Morgan fingerprint density at radius 3 is 2.89 bits per heavy atom. The quantitative estimate of drug-likeness (QED) is 0.895. The Balaban J connectivity index is 1.77. The van der Waals surface area contributed by atoms with Crippen molar-refractivity contribution < 1.29 is 9.53 Å². The number of rotatable bonds is 5. The minimum atomic E-state index is 0.0496. The van der Waals surface area contributed by atoms with Crippen molar-refractivity contribution in [2.24, 2.45) is 5.92 Å². The second-order valence-electron chi connectivity index (χ2n) is 4.79. The van der Waals surface area contributed by atoms with E-state index in [1.165, 1.54) is 0 Å². The fourth-order valence-electron chi connectivity index (χ4n) is 2.28. The molecule has 1 unspecified atom stereocenters. The number of benzene rings is 1. The number of carbonyl (C=O) groups is 1. The highest BCUT2D eigenvalue weighted by Gasteiger charge is 2.25. The van der Waals surface area contributed by atoms with Crippen LogP contribution in [-0.2, 0) is 4.79 Å². The largest absolute Gasteiger partial charge is 0.484 e. The lowest BCUT2D eigenvalue weighted by molar-refractivity contribution is -0.132. The summed E-state index contributed by atoms with van der Waals surface area (Å²) < 4.78 is 5.46. The molecule has 1 atom stereocenters. The Labute approximate surface area is 118 Å². The van der Waals surface area contributed by atoms with Crippen LogP contribution in [0.2, 0.25) is 5.02 Å². The Hall–Kier alpha value is -1.26. The van der Waals surface area contributed by atoms with Gasteiger partial charge in [-0.3, -0.25) is 4.79 Å². The smallest absolute Gasteiger partial charge is 0.260 e. The van der Waals surface area contributed by atoms with Crippen molar-refractivity contribution in [2.75, 3.05) is 33.3 Å².